The summed E-state index contributed by atoms with van der Waals surface area (Å²) in [6.45, 7) is 2.66. The van der Waals surface area contributed by atoms with E-state index in [0.29, 0.717) is 6.54 Å². The highest BCUT2D eigenvalue weighted by Gasteiger charge is 2.02. The van der Waals surface area contributed by atoms with Crippen molar-refractivity contribution < 1.29 is 0 Å². The topological polar surface area (TPSA) is 51.8 Å². The first-order chi connectivity index (χ1) is 6.81. The zero-order chi connectivity index (χ0) is 9.97. The Morgan fingerprint density at radius 2 is 2.21 bits per heavy atom. The van der Waals surface area contributed by atoms with Gasteiger partial charge in [-0.05, 0) is 31.2 Å². The van der Waals surface area contributed by atoms with Crippen molar-refractivity contribution >= 4 is 10.9 Å². The molecule has 2 heterocycles. The number of aryl methyl sites for hydroxylation is 1. The van der Waals surface area contributed by atoms with E-state index in [0.717, 1.165) is 28.6 Å². The zero-order valence-electron chi connectivity index (χ0n) is 8.20. The molecule has 0 aliphatic heterocycles. The zero-order valence-corrected chi connectivity index (χ0v) is 8.20. The first-order valence-corrected chi connectivity index (χ1v) is 4.71. The van der Waals surface area contributed by atoms with Gasteiger partial charge in [-0.1, -0.05) is 0 Å². The average molecular weight is 187 g/mol. The van der Waals surface area contributed by atoms with Crippen molar-refractivity contribution in [3.63, 3.8) is 0 Å². The van der Waals surface area contributed by atoms with Gasteiger partial charge in [-0.25, -0.2) is 0 Å². The Morgan fingerprint density at radius 3 is 3.00 bits per heavy atom. The SMILES string of the molecule is Cc1cnc2ccnc(CCN)c2c1. The minimum absolute atomic E-state index is 0.625. The van der Waals surface area contributed by atoms with Gasteiger partial charge in [0.2, 0.25) is 0 Å². The van der Waals surface area contributed by atoms with Crippen molar-refractivity contribution in [3.05, 3.63) is 35.8 Å². The summed E-state index contributed by atoms with van der Waals surface area (Å²) in [5.41, 5.74) is 8.72. The normalized spacial score (nSPS) is 10.7. The summed E-state index contributed by atoms with van der Waals surface area (Å²) in [6.07, 6.45) is 4.46. The van der Waals surface area contributed by atoms with E-state index >= 15 is 0 Å². The van der Waals surface area contributed by atoms with Gasteiger partial charge >= 0.3 is 0 Å². The minimum atomic E-state index is 0.625. The Morgan fingerprint density at radius 1 is 1.36 bits per heavy atom. The van der Waals surface area contributed by atoms with Gasteiger partial charge in [0.15, 0.2) is 0 Å². The molecule has 0 amide bonds. The summed E-state index contributed by atoms with van der Waals surface area (Å²) >= 11 is 0. The first kappa shape index (κ1) is 9.09. The maximum atomic E-state index is 5.53. The molecule has 0 atom stereocenters. The van der Waals surface area contributed by atoms with E-state index in [1.54, 1.807) is 6.20 Å². The number of hydrogen-bond donors (Lipinski definition) is 1. The second-order valence-corrected chi connectivity index (χ2v) is 3.38. The predicted molar refractivity (Wildman–Crippen MR) is 57.0 cm³/mol. The van der Waals surface area contributed by atoms with Gasteiger partial charge in [0.1, 0.15) is 0 Å². The molecule has 0 unspecified atom stereocenters. The smallest absolute Gasteiger partial charge is 0.0735 e. The Bertz CT molecular complexity index is 451. The van der Waals surface area contributed by atoms with Crippen LogP contribution in [0.2, 0.25) is 0 Å². The number of nitrogens with two attached hydrogens (primary N) is 1. The van der Waals surface area contributed by atoms with Crippen molar-refractivity contribution in [1.82, 2.24) is 9.97 Å². The van der Waals surface area contributed by atoms with Gasteiger partial charge in [-0.2, -0.15) is 0 Å². The third kappa shape index (κ3) is 1.59. The van der Waals surface area contributed by atoms with Crippen molar-refractivity contribution in [2.24, 2.45) is 5.73 Å². The molecule has 14 heavy (non-hydrogen) atoms. The van der Waals surface area contributed by atoms with Crippen LogP contribution in [0.1, 0.15) is 11.3 Å². The van der Waals surface area contributed by atoms with E-state index in [2.05, 4.69) is 16.0 Å². The Kier molecular flexibility index (Phi) is 2.41. The molecular formula is C11H13N3. The number of nitrogens with zero attached hydrogens (tertiary/aromatic N) is 2. The van der Waals surface area contributed by atoms with Crippen molar-refractivity contribution in [2.45, 2.75) is 13.3 Å². The van der Waals surface area contributed by atoms with Crippen molar-refractivity contribution in [1.29, 1.82) is 0 Å². The molecule has 0 radical (unpaired) electrons. The molecule has 3 nitrogen and oxygen atoms in total. The average Bonchev–Trinajstić information content (AvgIpc) is 2.19. The number of rotatable bonds is 2. The molecule has 72 valence electrons. The lowest BCUT2D eigenvalue weighted by molar-refractivity contribution is 0.934. The maximum absolute atomic E-state index is 5.53. The van der Waals surface area contributed by atoms with Gasteiger partial charge < -0.3 is 5.73 Å². The summed E-state index contributed by atoms with van der Waals surface area (Å²) in [7, 11) is 0. The summed E-state index contributed by atoms with van der Waals surface area (Å²) in [4.78, 5) is 8.66. The van der Waals surface area contributed by atoms with E-state index in [-0.39, 0.29) is 0 Å². The van der Waals surface area contributed by atoms with Gasteiger partial charge in [0.25, 0.3) is 0 Å². The van der Waals surface area contributed by atoms with E-state index in [1.807, 2.05) is 19.2 Å². The highest BCUT2D eigenvalue weighted by atomic mass is 14.7. The van der Waals surface area contributed by atoms with Crippen LogP contribution in [0.15, 0.2) is 24.5 Å². The third-order valence-corrected chi connectivity index (χ3v) is 2.21. The van der Waals surface area contributed by atoms with Crippen molar-refractivity contribution in [2.75, 3.05) is 6.54 Å². The van der Waals surface area contributed by atoms with E-state index < -0.39 is 0 Å². The van der Waals surface area contributed by atoms with Gasteiger partial charge in [0, 0.05) is 24.2 Å². The summed E-state index contributed by atoms with van der Waals surface area (Å²) < 4.78 is 0. The van der Waals surface area contributed by atoms with Crippen LogP contribution in [-0.4, -0.2) is 16.5 Å². The quantitative estimate of drug-likeness (QED) is 0.774. The monoisotopic (exact) mass is 187 g/mol. The standard InChI is InChI=1S/C11H13N3/c1-8-6-9-10(2-4-12)13-5-3-11(9)14-7-8/h3,5-7H,2,4,12H2,1H3. The van der Waals surface area contributed by atoms with Crippen LogP contribution in [0.25, 0.3) is 10.9 Å². The van der Waals surface area contributed by atoms with Crippen LogP contribution < -0.4 is 5.73 Å². The van der Waals surface area contributed by atoms with Crippen LogP contribution >= 0.6 is 0 Å². The fourth-order valence-electron chi connectivity index (χ4n) is 1.55. The molecule has 0 saturated carbocycles. The molecule has 0 saturated heterocycles. The largest absolute Gasteiger partial charge is 0.330 e. The highest BCUT2D eigenvalue weighted by Crippen LogP contribution is 2.15. The fraction of sp³-hybridized carbons (Fsp3) is 0.273. The third-order valence-electron chi connectivity index (χ3n) is 2.21. The summed E-state index contributed by atoms with van der Waals surface area (Å²) in [5, 5.41) is 1.12. The Balaban J connectivity index is 2.64. The first-order valence-electron chi connectivity index (χ1n) is 4.71. The van der Waals surface area contributed by atoms with Gasteiger partial charge in [-0.3, -0.25) is 9.97 Å². The molecule has 0 aromatic carbocycles. The van der Waals surface area contributed by atoms with Crippen molar-refractivity contribution in [3.8, 4) is 0 Å². The van der Waals surface area contributed by atoms with Crippen LogP contribution in [0.4, 0.5) is 0 Å². The molecule has 0 bridgehead atoms. The van der Waals surface area contributed by atoms with Crippen LogP contribution in [0.3, 0.4) is 0 Å². The van der Waals surface area contributed by atoms with E-state index in [4.69, 9.17) is 5.73 Å². The van der Waals surface area contributed by atoms with Gasteiger partial charge in [0.05, 0.1) is 11.2 Å². The number of pyridine rings is 2. The lowest BCUT2D eigenvalue weighted by atomic mass is 10.1. The fourth-order valence-corrected chi connectivity index (χ4v) is 1.55. The number of hydrogen-bond acceptors (Lipinski definition) is 3. The predicted octanol–water partition coefficient (Wildman–Crippen LogP) is 1.44. The molecular weight excluding hydrogens is 174 g/mol. The maximum Gasteiger partial charge on any atom is 0.0735 e. The lowest BCUT2D eigenvalue weighted by Gasteiger charge is -2.03. The Hall–Kier alpha value is -1.48. The molecule has 0 aliphatic rings. The lowest BCUT2D eigenvalue weighted by Crippen LogP contribution is -2.05. The summed E-state index contributed by atoms with van der Waals surface area (Å²) in [6, 6.07) is 4.04. The van der Waals surface area contributed by atoms with E-state index in [1.165, 1.54) is 0 Å². The minimum Gasteiger partial charge on any atom is -0.330 e. The molecule has 2 aromatic heterocycles. The molecule has 2 aromatic rings. The molecule has 0 spiro atoms. The van der Waals surface area contributed by atoms with E-state index in [9.17, 15) is 0 Å². The second kappa shape index (κ2) is 3.72. The molecule has 3 heteroatoms. The molecule has 2 rings (SSSR count). The number of aromatic nitrogens is 2. The molecule has 2 N–H and O–H groups in total. The Labute approximate surface area is 83.0 Å². The van der Waals surface area contributed by atoms with Crippen LogP contribution in [0, 0.1) is 6.92 Å². The molecule has 0 fully saturated rings. The highest BCUT2D eigenvalue weighted by molar-refractivity contribution is 5.81. The van der Waals surface area contributed by atoms with Crippen LogP contribution in [0.5, 0.6) is 0 Å². The van der Waals surface area contributed by atoms with Crippen LogP contribution in [-0.2, 0) is 6.42 Å². The molecule has 0 aliphatic carbocycles. The second-order valence-electron chi connectivity index (χ2n) is 3.38. The van der Waals surface area contributed by atoms with Gasteiger partial charge in [-0.15, -0.1) is 0 Å². The summed E-state index contributed by atoms with van der Waals surface area (Å²) in [5.74, 6) is 0. The number of fused-ring (bicyclic) bond motifs is 1.